The van der Waals surface area contributed by atoms with E-state index in [4.69, 9.17) is 4.74 Å². The van der Waals surface area contributed by atoms with E-state index in [9.17, 15) is 22.8 Å². The van der Waals surface area contributed by atoms with Crippen molar-refractivity contribution in [2.75, 3.05) is 4.90 Å². The van der Waals surface area contributed by atoms with Gasteiger partial charge in [0.1, 0.15) is 17.0 Å². The number of carbonyl (C=O) groups is 2. The number of imide groups is 1. The summed E-state index contributed by atoms with van der Waals surface area (Å²) in [6.07, 6.45) is 0.454. The van der Waals surface area contributed by atoms with Gasteiger partial charge in [0.05, 0.1) is 5.69 Å². The third-order valence-electron chi connectivity index (χ3n) is 5.45. The van der Waals surface area contributed by atoms with Gasteiger partial charge in [0.25, 0.3) is 5.91 Å². The number of rotatable bonds is 4. The first-order valence-electron chi connectivity index (χ1n) is 9.84. The number of pyridine rings is 1. The number of alkyl halides is 3. The van der Waals surface area contributed by atoms with E-state index >= 15 is 0 Å². The van der Waals surface area contributed by atoms with Crippen LogP contribution in [0.15, 0.2) is 36.5 Å². The Morgan fingerprint density at radius 3 is 2.55 bits per heavy atom. The van der Waals surface area contributed by atoms with E-state index in [-0.39, 0.29) is 28.8 Å². The van der Waals surface area contributed by atoms with Gasteiger partial charge in [-0.05, 0) is 37.5 Å². The number of nitrogens with one attached hydrogen (secondary N) is 1. The maximum atomic E-state index is 13.0. The van der Waals surface area contributed by atoms with E-state index in [1.165, 1.54) is 37.4 Å². The third kappa shape index (κ3) is 4.28. The molecular formula is C21H20F3N3O4. The molecule has 1 aliphatic heterocycles. The SMILES string of the molecule is Cc1ccc(Oc2cc(N3C(=O)NC4(CCCCC4)C3=O)ccn2)cc1OC(F)(F)F. The highest BCUT2D eigenvalue weighted by Gasteiger charge is 2.51. The van der Waals surface area contributed by atoms with E-state index in [1.807, 2.05) is 0 Å². The molecule has 1 aromatic heterocycles. The third-order valence-corrected chi connectivity index (χ3v) is 5.45. The van der Waals surface area contributed by atoms with Gasteiger partial charge in [-0.2, -0.15) is 0 Å². The summed E-state index contributed by atoms with van der Waals surface area (Å²) in [4.78, 5) is 30.7. The summed E-state index contributed by atoms with van der Waals surface area (Å²) in [5, 5.41) is 2.83. The molecule has 164 valence electrons. The minimum Gasteiger partial charge on any atom is -0.439 e. The number of ether oxygens (including phenoxy) is 2. The number of hydrogen-bond acceptors (Lipinski definition) is 5. The molecule has 0 unspecified atom stereocenters. The Morgan fingerprint density at radius 2 is 1.84 bits per heavy atom. The predicted molar refractivity (Wildman–Crippen MR) is 104 cm³/mol. The average Bonchev–Trinajstić information content (AvgIpc) is 2.93. The minimum atomic E-state index is -4.83. The van der Waals surface area contributed by atoms with Crippen molar-refractivity contribution >= 4 is 17.6 Å². The van der Waals surface area contributed by atoms with Crippen LogP contribution in [0.1, 0.15) is 37.7 Å². The zero-order valence-electron chi connectivity index (χ0n) is 16.7. The van der Waals surface area contributed by atoms with Crippen LogP contribution in [0.2, 0.25) is 0 Å². The highest BCUT2D eigenvalue weighted by atomic mass is 19.4. The topological polar surface area (TPSA) is 80.8 Å². The molecule has 31 heavy (non-hydrogen) atoms. The maximum Gasteiger partial charge on any atom is 0.573 e. The molecule has 0 atom stereocenters. The van der Waals surface area contributed by atoms with Crippen molar-refractivity contribution in [3.63, 3.8) is 0 Å². The summed E-state index contributed by atoms with van der Waals surface area (Å²) >= 11 is 0. The van der Waals surface area contributed by atoms with Crippen LogP contribution in [0.4, 0.5) is 23.7 Å². The van der Waals surface area contributed by atoms with Crippen LogP contribution in [0.5, 0.6) is 17.4 Å². The van der Waals surface area contributed by atoms with Crippen molar-refractivity contribution in [2.24, 2.45) is 0 Å². The number of aryl methyl sites for hydroxylation is 1. The Hall–Kier alpha value is -3.30. The van der Waals surface area contributed by atoms with E-state index in [0.717, 1.165) is 30.2 Å². The lowest BCUT2D eigenvalue weighted by Gasteiger charge is -2.30. The van der Waals surface area contributed by atoms with Crippen LogP contribution in [0.25, 0.3) is 0 Å². The van der Waals surface area contributed by atoms with Crippen molar-refractivity contribution in [2.45, 2.75) is 50.9 Å². The molecular weight excluding hydrogens is 415 g/mol. The number of urea groups is 1. The lowest BCUT2D eigenvalue weighted by atomic mass is 9.82. The van der Waals surface area contributed by atoms with Crippen molar-refractivity contribution in [3.05, 3.63) is 42.1 Å². The standard InChI is InChI=1S/C21H20F3N3O4/c1-13-5-6-15(12-16(13)31-21(22,23)24)30-17-11-14(7-10-25-17)27-18(28)20(26-19(27)29)8-3-2-4-9-20/h5-7,10-12H,2-4,8-9H2,1H3,(H,26,29). The van der Waals surface area contributed by atoms with E-state index in [2.05, 4.69) is 15.0 Å². The fourth-order valence-electron chi connectivity index (χ4n) is 3.94. The largest absolute Gasteiger partial charge is 0.573 e. The predicted octanol–water partition coefficient (Wildman–Crippen LogP) is 4.84. The molecule has 2 fully saturated rings. The minimum absolute atomic E-state index is 0.0181. The van der Waals surface area contributed by atoms with E-state index < -0.39 is 23.7 Å². The Labute approximate surface area is 176 Å². The number of amides is 3. The fourth-order valence-corrected chi connectivity index (χ4v) is 3.94. The van der Waals surface area contributed by atoms with Gasteiger partial charge >= 0.3 is 12.4 Å². The van der Waals surface area contributed by atoms with Gasteiger partial charge in [0.2, 0.25) is 5.88 Å². The summed E-state index contributed by atoms with van der Waals surface area (Å²) in [6, 6.07) is 6.37. The van der Waals surface area contributed by atoms with Gasteiger partial charge in [0.15, 0.2) is 0 Å². The van der Waals surface area contributed by atoms with E-state index in [1.54, 1.807) is 0 Å². The molecule has 1 spiro atoms. The van der Waals surface area contributed by atoms with Crippen molar-refractivity contribution in [1.82, 2.24) is 10.3 Å². The Balaban J connectivity index is 1.56. The zero-order valence-corrected chi connectivity index (χ0v) is 16.7. The average molecular weight is 435 g/mol. The van der Waals surface area contributed by atoms with Gasteiger partial charge in [0, 0.05) is 18.3 Å². The normalized spacial score (nSPS) is 18.3. The van der Waals surface area contributed by atoms with Crippen LogP contribution in [0, 0.1) is 6.92 Å². The number of nitrogens with zero attached hydrogens (tertiary/aromatic N) is 2. The van der Waals surface area contributed by atoms with Gasteiger partial charge in [-0.15, -0.1) is 13.2 Å². The number of anilines is 1. The van der Waals surface area contributed by atoms with Gasteiger partial charge < -0.3 is 14.8 Å². The first-order valence-corrected chi connectivity index (χ1v) is 9.84. The van der Waals surface area contributed by atoms with Crippen LogP contribution < -0.4 is 19.7 Å². The van der Waals surface area contributed by atoms with Crippen LogP contribution in [-0.2, 0) is 4.79 Å². The van der Waals surface area contributed by atoms with Gasteiger partial charge in [-0.25, -0.2) is 14.7 Å². The number of aromatic nitrogens is 1. The molecule has 10 heteroatoms. The van der Waals surface area contributed by atoms with Crippen molar-refractivity contribution in [3.8, 4) is 17.4 Å². The molecule has 0 radical (unpaired) electrons. The molecule has 3 amide bonds. The zero-order chi connectivity index (χ0) is 22.2. The number of carbonyl (C=O) groups excluding carboxylic acids is 2. The Kier molecular flexibility index (Phi) is 5.24. The second kappa shape index (κ2) is 7.75. The van der Waals surface area contributed by atoms with Gasteiger partial charge in [-0.3, -0.25) is 4.79 Å². The molecule has 2 aliphatic rings. The molecule has 0 bridgehead atoms. The van der Waals surface area contributed by atoms with Crippen molar-refractivity contribution in [1.29, 1.82) is 0 Å². The lowest BCUT2D eigenvalue weighted by molar-refractivity contribution is -0.274. The van der Waals surface area contributed by atoms with E-state index in [0.29, 0.717) is 12.8 Å². The first-order chi connectivity index (χ1) is 14.7. The molecule has 1 saturated heterocycles. The van der Waals surface area contributed by atoms with Crippen molar-refractivity contribution < 1.29 is 32.2 Å². The molecule has 1 saturated carbocycles. The summed E-state index contributed by atoms with van der Waals surface area (Å²) < 4.78 is 47.3. The van der Waals surface area contributed by atoms with Crippen LogP contribution in [-0.4, -0.2) is 28.8 Å². The monoisotopic (exact) mass is 435 g/mol. The molecule has 4 rings (SSSR count). The number of halogens is 3. The number of benzene rings is 1. The molecule has 1 aliphatic carbocycles. The lowest BCUT2D eigenvalue weighted by Crippen LogP contribution is -2.48. The first kappa shape index (κ1) is 21.0. The highest BCUT2D eigenvalue weighted by molar-refractivity contribution is 6.23. The fraction of sp³-hybridized carbons (Fsp3) is 0.381. The van der Waals surface area contributed by atoms with Crippen LogP contribution >= 0.6 is 0 Å². The molecule has 2 heterocycles. The quantitative estimate of drug-likeness (QED) is 0.695. The van der Waals surface area contributed by atoms with Gasteiger partial charge in [-0.1, -0.05) is 25.3 Å². The number of hydrogen-bond donors (Lipinski definition) is 1. The summed E-state index contributed by atoms with van der Waals surface area (Å²) in [7, 11) is 0. The smallest absolute Gasteiger partial charge is 0.439 e. The van der Waals surface area contributed by atoms with Crippen LogP contribution in [0.3, 0.4) is 0 Å². The summed E-state index contributed by atoms with van der Waals surface area (Å²) in [5.41, 5.74) is -0.322. The second-order valence-electron chi connectivity index (χ2n) is 7.64. The molecule has 1 N–H and O–H groups in total. The summed E-state index contributed by atoms with van der Waals surface area (Å²) in [5.74, 6) is -0.625. The highest BCUT2D eigenvalue weighted by Crippen LogP contribution is 2.37. The molecule has 7 nitrogen and oxygen atoms in total. The summed E-state index contributed by atoms with van der Waals surface area (Å²) in [6.45, 7) is 1.47. The maximum absolute atomic E-state index is 13.0. The second-order valence-corrected chi connectivity index (χ2v) is 7.64. The molecule has 2 aromatic rings. The Morgan fingerprint density at radius 1 is 1.10 bits per heavy atom. The Bertz CT molecular complexity index is 1020. The molecule has 1 aromatic carbocycles.